The van der Waals surface area contributed by atoms with Crippen molar-refractivity contribution in [3.8, 4) is 0 Å². The van der Waals surface area contributed by atoms with Gasteiger partial charge in [-0.2, -0.15) is 4.31 Å². The Balaban J connectivity index is 3.27. The molecule has 0 fully saturated rings. The van der Waals surface area contributed by atoms with Crippen LogP contribution in [0.3, 0.4) is 0 Å². The zero-order chi connectivity index (χ0) is 15.5. The Morgan fingerprint density at radius 3 is 2.40 bits per heavy atom. The molecule has 1 aromatic carbocycles. The molecule has 0 saturated heterocycles. The minimum atomic E-state index is -3.77. The van der Waals surface area contributed by atoms with E-state index >= 15 is 0 Å². The van der Waals surface area contributed by atoms with Crippen LogP contribution >= 0.6 is 31.9 Å². The highest BCUT2D eigenvalue weighted by Gasteiger charge is 2.28. The average Bonchev–Trinajstić information content (AvgIpc) is 2.39. The van der Waals surface area contributed by atoms with Crippen LogP contribution in [0.4, 0.5) is 0 Å². The van der Waals surface area contributed by atoms with Gasteiger partial charge in [0.25, 0.3) is 0 Å². The fraction of sp³-hybridized carbons (Fsp3) is 0.417. The van der Waals surface area contributed by atoms with Crippen molar-refractivity contribution in [3.05, 3.63) is 26.6 Å². The minimum absolute atomic E-state index is 0.112. The van der Waals surface area contributed by atoms with Gasteiger partial charge in [0.15, 0.2) is 0 Å². The Morgan fingerprint density at radius 2 is 1.90 bits per heavy atom. The maximum absolute atomic E-state index is 12.6. The summed E-state index contributed by atoms with van der Waals surface area (Å²) in [5, 5.41) is 0. The predicted octanol–water partition coefficient (Wildman–Crippen LogP) is 2.70. The van der Waals surface area contributed by atoms with E-state index in [0.29, 0.717) is 8.95 Å². The van der Waals surface area contributed by atoms with E-state index in [0.717, 1.165) is 9.87 Å². The minimum Gasteiger partial charge on any atom is -0.468 e. The Bertz CT molecular complexity index is 616. The van der Waals surface area contributed by atoms with E-state index in [9.17, 15) is 13.2 Å². The molecule has 0 saturated carbocycles. The van der Waals surface area contributed by atoms with Gasteiger partial charge >= 0.3 is 5.97 Å². The first kappa shape index (κ1) is 17.6. The molecule has 5 nitrogen and oxygen atoms in total. The van der Waals surface area contributed by atoms with Gasteiger partial charge in [-0.05, 0) is 40.5 Å². The van der Waals surface area contributed by atoms with Gasteiger partial charge in [-0.25, -0.2) is 8.42 Å². The van der Waals surface area contributed by atoms with E-state index < -0.39 is 16.0 Å². The number of rotatable bonds is 5. The van der Waals surface area contributed by atoms with E-state index in [1.54, 1.807) is 13.0 Å². The molecule has 0 unspecified atom stereocenters. The largest absolute Gasteiger partial charge is 0.468 e. The van der Waals surface area contributed by atoms with Crippen LogP contribution in [-0.4, -0.2) is 38.9 Å². The van der Waals surface area contributed by atoms with Crippen LogP contribution in [-0.2, 0) is 19.6 Å². The van der Waals surface area contributed by atoms with Crippen LogP contribution in [0.25, 0.3) is 0 Å². The number of carbonyl (C=O) groups is 1. The highest BCUT2D eigenvalue weighted by Crippen LogP contribution is 2.30. The van der Waals surface area contributed by atoms with Crippen molar-refractivity contribution in [2.45, 2.75) is 18.7 Å². The molecule has 0 atom stereocenters. The van der Waals surface area contributed by atoms with Crippen molar-refractivity contribution in [2.75, 3.05) is 20.2 Å². The lowest BCUT2D eigenvalue weighted by Gasteiger charge is -2.20. The lowest BCUT2D eigenvalue weighted by Crippen LogP contribution is -2.36. The number of benzene rings is 1. The third-order valence-electron chi connectivity index (χ3n) is 2.72. The van der Waals surface area contributed by atoms with Crippen LogP contribution in [0.5, 0.6) is 0 Å². The molecule has 20 heavy (non-hydrogen) atoms. The zero-order valence-electron chi connectivity index (χ0n) is 11.3. The van der Waals surface area contributed by atoms with Gasteiger partial charge in [-0.15, -0.1) is 0 Å². The third kappa shape index (κ3) is 3.81. The summed E-state index contributed by atoms with van der Waals surface area (Å²) in [7, 11) is -2.55. The van der Waals surface area contributed by atoms with E-state index in [-0.39, 0.29) is 18.0 Å². The monoisotopic (exact) mass is 427 g/mol. The SMILES string of the molecule is CCN(CC(=O)OC)S(=O)(=O)c1cc(Br)c(C)cc1Br. The first-order valence-corrected chi connectivity index (χ1v) is 8.79. The summed E-state index contributed by atoms with van der Waals surface area (Å²) in [6, 6.07) is 3.23. The molecule has 1 rings (SSSR count). The molecule has 0 N–H and O–H groups in total. The Labute approximate surface area is 135 Å². The number of sulfonamides is 1. The highest BCUT2D eigenvalue weighted by molar-refractivity contribution is 9.11. The fourth-order valence-electron chi connectivity index (χ4n) is 1.54. The van der Waals surface area contributed by atoms with Crippen molar-refractivity contribution in [1.29, 1.82) is 0 Å². The molecule has 0 spiro atoms. The molecule has 1 aromatic rings. The molecule has 0 aliphatic heterocycles. The second kappa shape index (κ2) is 7.02. The quantitative estimate of drug-likeness (QED) is 0.676. The molecule has 0 aromatic heterocycles. The standard InChI is InChI=1S/C12H15Br2NO4S/c1-4-15(7-12(16)19-3)20(17,18)11-6-9(13)8(2)5-10(11)14/h5-6H,4,7H2,1-3H3. The second-order valence-electron chi connectivity index (χ2n) is 4.04. The van der Waals surface area contributed by atoms with Gasteiger partial charge in [-0.1, -0.05) is 22.9 Å². The smallest absolute Gasteiger partial charge is 0.321 e. The summed E-state index contributed by atoms with van der Waals surface area (Å²) in [6.45, 7) is 3.39. The van der Waals surface area contributed by atoms with Gasteiger partial charge in [0.1, 0.15) is 6.54 Å². The lowest BCUT2D eigenvalue weighted by molar-refractivity contribution is -0.140. The molecular weight excluding hydrogens is 414 g/mol. The van der Waals surface area contributed by atoms with Crippen LogP contribution in [0.15, 0.2) is 26.0 Å². The summed E-state index contributed by atoms with van der Waals surface area (Å²) < 4.78 is 31.9. The Morgan fingerprint density at radius 1 is 1.30 bits per heavy atom. The number of esters is 1. The number of ether oxygens (including phenoxy) is 1. The molecule has 0 aliphatic carbocycles. The zero-order valence-corrected chi connectivity index (χ0v) is 15.3. The second-order valence-corrected chi connectivity index (χ2v) is 7.65. The van der Waals surface area contributed by atoms with Crippen molar-refractivity contribution in [1.82, 2.24) is 4.31 Å². The lowest BCUT2D eigenvalue weighted by atomic mass is 10.2. The maximum atomic E-state index is 12.6. The van der Waals surface area contributed by atoms with Gasteiger partial charge in [-0.3, -0.25) is 4.79 Å². The van der Waals surface area contributed by atoms with Gasteiger partial charge in [0.2, 0.25) is 10.0 Å². The molecule has 0 heterocycles. The van der Waals surface area contributed by atoms with Crippen LogP contribution in [0, 0.1) is 6.92 Å². The number of halogens is 2. The third-order valence-corrected chi connectivity index (χ3v) is 6.45. The first-order valence-electron chi connectivity index (χ1n) is 5.76. The number of likely N-dealkylation sites (N-methyl/N-ethyl adjacent to an activating group) is 1. The molecule has 8 heteroatoms. The first-order chi connectivity index (χ1) is 9.23. The Kier molecular flexibility index (Phi) is 6.18. The number of nitrogens with zero attached hydrogens (tertiary/aromatic N) is 1. The van der Waals surface area contributed by atoms with Crippen LogP contribution in [0.1, 0.15) is 12.5 Å². The summed E-state index contributed by atoms with van der Waals surface area (Å²) in [6.07, 6.45) is 0. The van der Waals surface area contributed by atoms with Crippen LogP contribution in [0.2, 0.25) is 0 Å². The molecular formula is C12H15Br2NO4S. The molecule has 0 bridgehead atoms. The molecule has 0 amide bonds. The van der Waals surface area contributed by atoms with Crippen LogP contribution < -0.4 is 0 Å². The molecule has 0 aliphatic rings. The van der Waals surface area contributed by atoms with Gasteiger partial charge in [0, 0.05) is 15.5 Å². The van der Waals surface area contributed by atoms with E-state index in [1.807, 2.05) is 6.92 Å². The summed E-state index contributed by atoms with van der Waals surface area (Å²) in [5.41, 5.74) is 0.909. The number of hydrogen-bond donors (Lipinski definition) is 0. The summed E-state index contributed by atoms with van der Waals surface area (Å²) >= 11 is 6.57. The highest BCUT2D eigenvalue weighted by atomic mass is 79.9. The van der Waals surface area contributed by atoms with Crippen molar-refractivity contribution < 1.29 is 17.9 Å². The van der Waals surface area contributed by atoms with Crippen molar-refractivity contribution in [3.63, 3.8) is 0 Å². The molecule has 0 radical (unpaired) electrons. The maximum Gasteiger partial charge on any atom is 0.321 e. The summed E-state index contributed by atoms with van der Waals surface area (Å²) in [4.78, 5) is 11.4. The number of hydrogen-bond acceptors (Lipinski definition) is 4. The number of methoxy groups -OCH3 is 1. The van der Waals surface area contributed by atoms with E-state index in [4.69, 9.17) is 0 Å². The van der Waals surface area contributed by atoms with Crippen molar-refractivity contribution >= 4 is 47.9 Å². The molecule has 112 valence electrons. The van der Waals surface area contributed by atoms with E-state index in [2.05, 4.69) is 36.6 Å². The summed E-state index contributed by atoms with van der Waals surface area (Å²) in [5.74, 6) is -0.599. The number of carbonyl (C=O) groups excluding carboxylic acids is 1. The van der Waals surface area contributed by atoms with Gasteiger partial charge in [0.05, 0.1) is 12.0 Å². The average molecular weight is 429 g/mol. The Hall–Kier alpha value is -0.440. The topological polar surface area (TPSA) is 63.7 Å². The fourth-order valence-corrected chi connectivity index (χ4v) is 4.57. The van der Waals surface area contributed by atoms with Crippen molar-refractivity contribution in [2.24, 2.45) is 0 Å². The van der Waals surface area contributed by atoms with Gasteiger partial charge < -0.3 is 4.74 Å². The predicted molar refractivity (Wildman–Crippen MR) is 83.0 cm³/mol. The normalized spacial score (nSPS) is 11.7. The van der Waals surface area contributed by atoms with E-state index in [1.165, 1.54) is 13.2 Å². The number of aryl methyl sites for hydroxylation is 1.